The minimum absolute atomic E-state index is 0. The van der Waals surface area contributed by atoms with E-state index in [4.69, 9.17) is 25.7 Å². The molecule has 220 valence electrons. The Kier molecular flexibility index (Phi) is 8.55. The van der Waals surface area contributed by atoms with Crippen molar-refractivity contribution in [2.45, 2.75) is 85.0 Å². The summed E-state index contributed by atoms with van der Waals surface area (Å²) in [6.45, 7) is 17.2. The second-order valence-corrected chi connectivity index (χ2v) is 12.5. The molecule has 0 spiro atoms. The van der Waals surface area contributed by atoms with Gasteiger partial charge < -0.3 is 30.8 Å². The fourth-order valence-electron chi connectivity index (χ4n) is 8.24. The van der Waals surface area contributed by atoms with E-state index in [0.29, 0.717) is 5.92 Å². The molecular formula is C34H42MgN4O3-2. The average molecular weight is 579 g/mol. The minimum Gasteiger partial charge on any atom is -0.681 e. The van der Waals surface area contributed by atoms with Crippen LogP contribution >= 0.6 is 0 Å². The summed E-state index contributed by atoms with van der Waals surface area (Å²) >= 11 is 0. The second-order valence-electron chi connectivity index (χ2n) is 12.5. The molecule has 7 nitrogen and oxygen atoms in total. The Labute approximate surface area is 265 Å². The number of rotatable bonds is 4. The number of aliphatic hydroxyl groups is 1. The molecule has 8 bridgehead atoms. The van der Waals surface area contributed by atoms with Crippen LogP contribution in [-0.4, -0.2) is 65.4 Å². The average Bonchev–Trinajstić information content (AvgIpc) is 3.69. The predicted octanol–water partition coefficient (Wildman–Crippen LogP) is 5.28. The van der Waals surface area contributed by atoms with E-state index in [-0.39, 0.29) is 70.7 Å². The summed E-state index contributed by atoms with van der Waals surface area (Å²) in [5.41, 5.74) is 6.82. The largest absolute Gasteiger partial charge is 2.00 e. The van der Waals surface area contributed by atoms with Gasteiger partial charge in [-0.3, -0.25) is 4.79 Å². The van der Waals surface area contributed by atoms with Crippen molar-refractivity contribution in [1.82, 2.24) is 4.98 Å². The quantitative estimate of drug-likeness (QED) is 0.388. The number of hydrogen-bond donors (Lipinski definition) is 1. The number of nitrogens with zero attached hydrogens (tertiary/aromatic N) is 4. The molecule has 6 unspecified atom stereocenters. The van der Waals surface area contributed by atoms with E-state index in [1.165, 1.54) is 12.7 Å². The Balaban J connectivity index is 0.00000353. The molecule has 2 saturated heterocycles. The van der Waals surface area contributed by atoms with E-state index in [1.807, 2.05) is 6.08 Å². The summed E-state index contributed by atoms with van der Waals surface area (Å²) in [6.07, 6.45) is 8.89. The number of methoxy groups -OCH3 is 1. The Morgan fingerprint density at radius 1 is 1.14 bits per heavy atom. The van der Waals surface area contributed by atoms with Gasteiger partial charge in [0.1, 0.15) is 11.7 Å². The normalized spacial score (nSPS) is 36.5. The van der Waals surface area contributed by atoms with Crippen LogP contribution in [-0.2, 0) is 9.53 Å². The van der Waals surface area contributed by atoms with Gasteiger partial charge in [-0.25, -0.2) is 0 Å². The molecule has 1 N–H and O–H groups in total. The van der Waals surface area contributed by atoms with Crippen LogP contribution in [0.4, 0.5) is 0 Å². The molecule has 5 heterocycles. The Morgan fingerprint density at radius 2 is 1.88 bits per heavy atom. The standard InChI is InChI=1S/C34H42N4O3.Mg/c1-9-19-15(4)22-12-24-17(6)21(11-3)31(37-24)29-30(34(40)41-8)33(39)28-18(7)25(38-32(28)29)14-27-20(10-2)16(5)23(36-27)13-26(19)35-22;/h9,12-13,17-18,20-21,24-25,27,30-31,39H,1,10-11,14H2,2-8H3;/q-4;+2/b22-12-,26-13-;/t17-,18?,20?,21-,24?,25?,27?,30+,31?;/m0./s1. The Bertz CT molecular complexity index is 1520. The number of allylic oxidation sites excluding steroid dienone is 2. The number of esters is 1. The fraction of sp³-hybridized carbons (Fsp3) is 0.559. The molecule has 8 heteroatoms. The zero-order chi connectivity index (χ0) is 29.3. The zero-order valence-electron chi connectivity index (χ0n) is 26.0. The van der Waals surface area contributed by atoms with Crippen LogP contribution in [0.3, 0.4) is 0 Å². The topological polar surface area (TPSA) is 103 Å². The maximum atomic E-state index is 13.2. The summed E-state index contributed by atoms with van der Waals surface area (Å²) in [4.78, 5) is 18.3. The molecule has 1 aromatic heterocycles. The van der Waals surface area contributed by atoms with Gasteiger partial charge >= 0.3 is 29.0 Å². The number of aromatic nitrogens is 1. The molecular weight excluding hydrogens is 537 g/mol. The minimum atomic E-state index is -0.854. The van der Waals surface area contributed by atoms with Crippen molar-refractivity contribution in [3.63, 3.8) is 0 Å². The third-order valence-corrected chi connectivity index (χ3v) is 10.7. The SMILES string of the molecule is C=Cc1c(C)/c2[n-]/c1=C\C1=C(C)C(CC)C(CC3[N-]C4=C(C5[N-]C(\C=2)[C@@H](C)[C@@H]5CC)[C@@H](C(=O)OC)C(O)=C4C3C)[N-]1.[Mg+2]. The van der Waals surface area contributed by atoms with E-state index < -0.39 is 11.9 Å². The Morgan fingerprint density at radius 3 is 2.52 bits per heavy atom. The first kappa shape index (κ1) is 31.0. The molecule has 6 rings (SSSR count). The summed E-state index contributed by atoms with van der Waals surface area (Å²) in [6, 6.07) is -0.270. The van der Waals surface area contributed by atoms with Gasteiger partial charge in [-0.2, -0.15) is 0 Å². The molecule has 1 aliphatic carbocycles. The van der Waals surface area contributed by atoms with Gasteiger partial charge in [-0.1, -0.05) is 94.2 Å². The van der Waals surface area contributed by atoms with Crippen molar-refractivity contribution in [2.24, 2.45) is 29.6 Å². The zero-order valence-corrected chi connectivity index (χ0v) is 27.4. The molecule has 1 aromatic rings. The van der Waals surface area contributed by atoms with Crippen LogP contribution in [0, 0.1) is 36.5 Å². The number of hydrogen-bond acceptors (Lipinski definition) is 3. The van der Waals surface area contributed by atoms with Gasteiger partial charge in [-0.05, 0) is 36.8 Å². The summed E-state index contributed by atoms with van der Waals surface area (Å²) in [5, 5.41) is 29.3. The van der Waals surface area contributed by atoms with Crippen LogP contribution in [0.2, 0.25) is 0 Å². The van der Waals surface area contributed by atoms with Crippen LogP contribution < -0.4 is 15.7 Å². The van der Waals surface area contributed by atoms with Gasteiger partial charge in [-0.15, -0.1) is 52.3 Å². The number of fused-ring (bicyclic) bond motifs is 8. The maximum Gasteiger partial charge on any atom is 2.00 e. The van der Waals surface area contributed by atoms with Crippen LogP contribution in [0.15, 0.2) is 40.5 Å². The third kappa shape index (κ3) is 4.51. The van der Waals surface area contributed by atoms with Crippen molar-refractivity contribution in [1.29, 1.82) is 0 Å². The summed E-state index contributed by atoms with van der Waals surface area (Å²) in [7, 11) is 1.38. The van der Waals surface area contributed by atoms with E-state index in [2.05, 4.69) is 60.3 Å². The fourth-order valence-corrected chi connectivity index (χ4v) is 8.24. The molecule has 2 fully saturated rings. The van der Waals surface area contributed by atoms with Crippen LogP contribution in [0.1, 0.15) is 65.0 Å². The maximum absolute atomic E-state index is 13.2. The first-order valence-electron chi connectivity index (χ1n) is 15.2. The van der Waals surface area contributed by atoms with Gasteiger partial charge in [0.2, 0.25) is 0 Å². The van der Waals surface area contributed by atoms with E-state index in [0.717, 1.165) is 63.6 Å². The summed E-state index contributed by atoms with van der Waals surface area (Å²) in [5.74, 6) is -0.486. The molecule has 5 aliphatic rings. The van der Waals surface area contributed by atoms with E-state index in [9.17, 15) is 9.90 Å². The molecule has 0 saturated carbocycles. The number of ether oxygens (including phenoxy) is 1. The van der Waals surface area contributed by atoms with E-state index >= 15 is 0 Å². The molecule has 9 atom stereocenters. The summed E-state index contributed by atoms with van der Waals surface area (Å²) < 4.78 is 5.24. The van der Waals surface area contributed by atoms with Crippen molar-refractivity contribution < 1.29 is 14.6 Å². The number of aliphatic hydroxyl groups excluding tert-OH is 1. The molecule has 0 aromatic carbocycles. The molecule has 0 amide bonds. The van der Waals surface area contributed by atoms with Gasteiger partial charge in [0.25, 0.3) is 0 Å². The van der Waals surface area contributed by atoms with Crippen molar-refractivity contribution >= 4 is 47.3 Å². The molecule has 0 radical (unpaired) electrons. The molecule has 4 aliphatic heterocycles. The van der Waals surface area contributed by atoms with Gasteiger partial charge in [0.15, 0.2) is 0 Å². The monoisotopic (exact) mass is 578 g/mol. The Hall–Kier alpha value is -2.42. The van der Waals surface area contributed by atoms with Crippen LogP contribution in [0.5, 0.6) is 0 Å². The van der Waals surface area contributed by atoms with Crippen molar-refractivity contribution in [2.75, 3.05) is 7.11 Å². The third-order valence-electron chi connectivity index (χ3n) is 10.7. The number of carbonyl (C=O) groups excluding carboxylic acids is 1. The predicted molar refractivity (Wildman–Crippen MR) is 169 cm³/mol. The smallest absolute Gasteiger partial charge is 0.681 e. The second kappa shape index (κ2) is 11.6. The first-order chi connectivity index (χ1) is 19.6. The molecule has 42 heavy (non-hydrogen) atoms. The van der Waals surface area contributed by atoms with Crippen molar-refractivity contribution in [3.8, 4) is 0 Å². The van der Waals surface area contributed by atoms with Crippen molar-refractivity contribution in [3.05, 3.63) is 78.2 Å². The van der Waals surface area contributed by atoms with Gasteiger partial charge in [0.05, 0.1) is 7.11 Å². The van der Waals surface area contributed by atoms with E-state index in [1.54, 1.807) is 0 Å². The van der Waals surface area contributed by atoms with Gasteiger partial charge in [0, 0.05) is 0 Å². The first-order valence-corrected chi connectivity index (χ1v) is 15.2. The van der Waals surface area contributed by atoms with Crippen LogP contribution in [0.25, 0.3) is 34.2 Å². The number of carbonyl (C=O) groups is 1.